The molecular weight excluding hydrogens is 294 g/mol. The van der Waals surface area contributed by atoms with Crippen molar-refractivity contribution in [1.82, 2.24) is 15.2 Å². The van der Waals surface area contributed by atoms with Crippen LogP contribution in [0, 0.1) is 0 Å². The van der Waals surface area contributed by atoms with Gasteiger partial charge in [-0.3, -0.25) is 5.10 Å². The normalized spacial score (nSPS) is 19.1. The molecule has 1 aromatic heterocycles. The maximum Gasteiger partial charge on any atom is 0.208 e. The van der Waals surface area contributed by atoms with Crippen molar-refractivity contribution in [2.75, 3.05) is 12.4 Å². The summed E-state index contributed by atoms with van der Waals surface area (Å²) in [6.45, 7) is 0.884. The Morgan fingerprint density at radius 1 is 1.30 bits per heavy atom. The van der Waals surface area contributed by atoms with Gasteiger partial charge in [-0.2, -0.15) is 0 Å². The molecule has 1 aromatic carbocycles. The molecule has 1 unspecified atom stereocenters. The van der Waals surface area contributed by atoms with Gasteiger partial charge in [-0.25, -0.2) is 4.98 Å². The highest BCUT2D eigenvalue weighted by Gasteiger charge is 2.15. The maximum absolute atomic E-state index is 5.88. The van der Waals surface area contributed by atoms with Crippen LogP contribution < -0.4 is 0 Å². The van der Waals surface area contributed by atoms with Crippen LogP contribution in [0.2, 0.25) is 5.02 Å². The molecule has 20 heavy (non-hydrogen) atoms. The minimum atomic E-state index is 0.339. The molecule has 106 valence electrons. The molecule has 0 radical (unpaired) electrons. The Bertz CT molecular complexity index is 552. The number of benzene rings is 1. The van der Waals surface area contributed by atoms with Crippen LogP contribution in [0.15, 0.2) is 29.4 Å². The fraction of sp³-hybridized carbons (Fsp3) is 0.429. The Morgan fingerprint density at radius 2 is 2.15 bits per heavy atom. The molecule has 0 spiro atoms. The molecule has 3 rings (SSSR count). The fourth-order valence-electron chi connectivity index (χ4n) is 2.15. The summed E-state index contributed by atoms with van der Waals surface area (Å²) in [4.78, 5) is 4.49. The minimum absolute atomic E-state index is 0.339. The van der Waals surface area contributed by atoms with Gasteiger partial charge >= 0.3 is 0 Å². The SMILES string of the molecule is Clc1ccc(-c2nc(SCC3CCCCO3)n[nH]2)cc1. The summed E-state index contributed by atoms with van der Waals surface area (Å²) in [7, 11) is 0. The summed E-state index contributed by atoms with van der Waals surface area (Å²) < 4.78 is 5.70. The van der Waals surface area contributed by atoms with Gasteiger partial charge in [0.25, 0.3) is 0 Å². The summed E-state index contributed by atoms with van der Waals surface area (Å²) >= 11 is 7.52. The number of ether oxygens (including phenoxy) is 1. The first-order valence-corrected chi connectivity index (χ1v) is 8.10. The first-order valence-electron chi connectivity index (χ1n) is 6.74. The van der Waals surface area contributed by atoms with Crippen LogP contribution in [0.5, 0.6) is 0 Å². The number of nitrogens with one attached hydrogen (secondary N) is 1. The van der Waals surface area contributed by atoms with E-state index in [1.807, 2.05) is 24.3 Å². The zero-order valence-electron chi connectivity index (χ0n) is 11.0. The monoisotopic (exact) mass is 309 g/mol. The van der Waals surface area contributed by atoms with Gasteiger partial charge in [0.1, 0.15) is 0 Å². The molecule has 1 atom stereocenters. The van der Waals surface area contributed by atoms with Gasteiger partial charge in [-0.05, 0) is 43.5 Å². The van der Waals surface area contributed by atoms with Gasteiger partial charge in [0.15, 0.2) is 5.82 Å². The van der Waals surface area contributed by atoms with Crippen molar-refractivity contribution >= 4 is 23.4 Å². The Kier molecular flexibility index (Phi) is 4.60. The fourth-order valence-corrected chi connectivity index (χ4v) is 3.14. The molecule has 1 aliphatic rings. The standard InChI is InChI=1S/C14H16ClN3OS/c15-11-6-4-10(5-7-11)13-16-14(18-17-13)20-9-12-3-1-2-8-19-12/h4-7,12H,1-3,8-9H2,(H,16,17,18). The van der Waals surface area contributed by atoms with E-state index in [9.17, 15) is 0 Å². The molecule has 6 heteroatoms. The lowest BCUT2D eigenvalue weighted by atomic mass is 10.1. The van der Waals surface area contributed by atoms with Crippen molar-refractivity contribution in [3.63, 3.8) is 0 Å². The molecule has 2 heterocycles. The third-order valence-corrected chi connectivity index (χ3v) is 4.49. The Hall–Kier alpha value is -1.04. The third kappa shape index (κ3) is 3.53. The van der Waals surface area contributed by atoms with Crippen LogP contribution in [0.4, 0.5) is 0 Å². The molecule has 1 fully saturated rings. The average Bonchev–Trinajstić information content (AvgIpc) is 2.96. The number of thioether (sulfide) groups is 1. The molecule has 0 bridgehead atoms. The van der Waals surface area contributed by atoms with E-state index in [-0.39, 0.29) is 0 Å². The van der Waals surface area contributed by atoms with Crippen molar-refractivity contribution in [3.8, 4) is 11.4 Å². The van der Waals surface area contributed by atoms with Crippen molar-refractivity contribution in [1.29, 1.82) is 0 Å². The molecule has 4 nitrogen and oxygen atoms in total. The Balaban J connectivity index is 1.60. The highest BCUT2D eigenvalue weighted by Crippen LogP contribution is 2.23. The van der Waals surface area contributed by atoms with E-state index in [4.69, 9.17) is 16.3 Å². The highest BCUT2D eigenvalue weighted by atomic mass is 35.5. The summed E-state index contributed by atoms with van der Waals surface area (Å²) in [6.07, 6.45) is 3.92. The van der Waals surface area contributed by atoms with Crippen molar-refractivity contribution < 1.29 is 4.74 Å². The summed E-state index contributed by atoms with van der Waals surface area (Å²) in [5.41, 5.74) is 0.989. The molecule has 0 aliphatic carbocycles. The summed E-state index contributed by atoms with van der Waals surface area (Å²) in [5.74, 6) is 1.69. The van der Waals surface area contributed by atoms with Crippen molar-refractivity contribution in [2.24, 2.45) is 0 Å². The van der Waals surface area contributed by atoms with E-state index in [2.05, 4.69) is 15.2 Å². The quantitative estimate of drug-likeness (QED) is 0.873. The van der Waals surface area contributed by atoms with E-state index >= 15 is 0 Å². The second-order valence-corrected chi connectivity index (χ2v) is 6.20. The number of halogens is 1. The zero-order valence-corrected chi connectivity index (χ0v) is 12.6. The second kappa shape index (κ2) is 6.61. The van der Waals surface area contributed by atoms with Crippen molar-refractivity contribution in [3.05, 3.63) is 29.3 Å². The lowest BCUT2D eigenvalue weighted by Crippen LogP contribution is -2.21. The summed E-state index contributed by atoms with van der Waals surface area (Å²) in [6, 6.07) is 7.56. The Morgan fingerprint density at radius 3 is 2.90 bits per heavy atom. The van der Waals surface area contributed by atoms with Gasteiger partial charge in [-0.15, -0.1) is 5.10 Å². The van der Waals surface area contributed by atoms with Crippen LogP contribution >= 0.6 is 23.4 Å². The smallest absolute Gasteiger partial charge is 0.208 e. The molecular formula is C14H16ClN3OS. The predicted octanol–water partition coefficient (Wildman–Crippen LogP) is 3.79. The number of H-pyrrole nitrogens is 1. The molecule has 1 saturated heterocycles. The minimum Gasteiger partial charge on any atom is -0.377 e. The Labute approximate surface area is 127 Å². The largest absolute Gasteiger partial charge is 0.377 e. The van der Waals surface area contributed by atoms with E-state index < -0.39 is 0 Å². The van der Waals surface area contributed by atoms with Gasteiger partial charge in [0, 0.05) is 22.9 Å². The maximum atomic E-state index is 5.88. The van der Waals surface area contributed by atoms with Crippen molar-refractivity contribution in [2.45, 2.75) is 30.5 Å². The lowest BCUT2D eigenvalue weighted by Gasteiger charge is -2.21. The highest BCUT2D eigenvalue weighted by molar-refractivity contribution is 7.99. The van der Waals surface area contributed by atoms with E-state index in [0.29, 0.717) is 6.10 Å². The van der Waals surface area contributed by atoms with Crippen LogP contribution in [0.1, 0.15) is 19.3 Å². The predicted molar refractivity (Wildman–Crippen MR) is 81.1 cm³/mol. The summed E-state index contributed by atoms with van der Waals surface area (Å²) in [5, 5.41) is 8.69. The van der Waals surface area contributed by atoms with Crippen LogP contribution in [0.25, 0.3) is 11.4 Å². The molecule has 1 aliphatic heterocycles. The number of rotatable bonds is 4. The van der Waals surface area contributed by atoms with E-state index in [1.165, 1.54) is 12.8 Å². The van der Waals surface area contributed by atoms with Crippen LogP contribution in [0.3, 0.4) is 0 Å². The first kappa shape index (κ1) is 13.9. The molecule has 1 N–H and O–H groups in total. The van der Waals surface area contributed by atoms with Gasteiger partial charge in [0.2, 0.25) is 5.16 Å². The van der Waals surface area contributed by atoms with Gasteiger partial charge < -0.3 is 4.74 Å². The van der Waals surface area contributed by atoms with Crippen LogP contribution in [-0.4, -0.2) is 33.6 Å². The zero-order chi connectivity index (χ0) is 13.8. The van der Waals surface area contributed by atoms with Crippen LogP contribution in [-0.2, 0) is 4.74 Å². The number of nitrogens with zero attached hydrogens (tertiary/aromatic N) is 2. The topological polar surface area (TPSA) is 50.8 Å². The number of hydrogen-bond donors (Lipinski definition) is 1. The molecule has 0 saturated carbocycles. The van der Waals surface area contributed by atoms with Gasteiger partial charge in [-0.1, -0.05) is 23.4 Å². The number of hydrogen-bond acceptors (Lipinski definition) is 4. The number of aromatic nitrogens is 3. The second-order valence-electron chi connectivity index (χ2n) is 4.77. The average molecular weight is 310 g/mol. The third-order valence-electron chi connectivity index (χ3n) is 3.25. The lowest BCUT2D eigenvalue weighted by molar-refractivity contribution is 0.0315. The molecule has 0 amide bonds. The molecule has 2 aromatic rings. The first-order chi connectivity index (χ1) is 9.81. The van der Waals surface area contributed by atoms with Gasteiger partial charge in [0.05, 0.1) is 6.10 Å². The van der Waals surface area contributed by atoms with E-state index in [1.54, 1.807) is 11.8 Å². The number of aromatic amines is 1. The van der Waals surface area contributed by atoms with E-state index in [0.717, 1.165) is 40.3 Å².